The Hall–Kier alpha value is -4.11. The predicted octanol–water partition coefficient (Wildman–Crippen LogP) is 4.20. The molecule has 6 aliphatic rings. The van der Waals surface area contributed by atoms with E-state index in [9.17, 15) is 32.4 Å². The first-order valence-corrected chi connectivity index (χ1v) is 22.3. The number of hydrogen-bond donors (Lipinski definition) is 2. The lowest BCUT2D eigenvalue weighted by atomic mass is 9.92. The average Bonchev–Trinajstić information content (AvgIpc) is 3.83. The molecule has 294 valence electrons. The summed E-state index contributed by atoms with van der Waals surface area (Å²) in [5.41, 5.74) is 0.106. The van der Waals surface area contributed by atoms with Gasteiger partial charge in [0.25, 0.3) is 11.8 Å². The van der Waals surface area contributed by atoms with E-state index in [-0.39, 0.29) is 49.8 Å². The van der Waals surface area contributed by atoms with Crippen LogP contribution in [0.15, 0.2) is 47.9 Å². The molecule has 4 heterocycles. The number of fused-ring (bicyclic) bond motifs is 4. The van der Waals surface area contributed by atoms with E-state index < -0.39 is 62.4 Å². The highest BCUT2D eigenvalue weighted by Gasteiger charge is 2.63. The molecule has 2 N–H and O–H groups in total. The first-order valence-electron chi connectivity index (χ1n) is 19.9. The van der Waals surface area contributed by atoms with Crippen LogP contribution in [0.3, 0.4) is 0 Å². The Balaban J connectivity index is 1.06. The molecule has 1 aromatic carbocycles. The zero-order chi connectivity index (χ0) is 38.3. The summed E-state index contributed by atoms with van der Waals surface area (Å²) in [5.74, 6) is -4.10. The Bertz CT molecular complexity index is 1960. The number of allylic oxidation sites excluding steroid dienone is 1. The van der Waals surface area contributed by atoms with Gasteiger partial charge in [-0.15, -0.1) is 11.3 Å². The van der Waals surface area contributed by atoms with Gasteiger partial charge in [-0.3, -0.25) is 28.7 Å². The van der Waals surface area contributed by atoms with E-state index in [0.717, 1.165) is 50.5 Å². The second-order valence-corrected chi connectivity index (χ2v) is 19.1. The number of aromatic nitrogens is 1. The van der Waals surface area contributed by atoms with Gasteiger partial charge in [0.1, 0.15) is 17.7 Å². The summed E-state index contributed by atoms with van der Waals surface area (Å²) in [6.45, 7) is 0.701. The number of sulfonamides is 1. The van der Waals surface area contributed by atoms with Crippen molar-refractivity contribution in [1.82, 2.24) is 24.8 Å². The van der Waals surface area contributed by atoms with Crippen LogP contribution >= 0.6 is 11.3 Å². The van der Waals surface area contributed by atoms with Crippen molar-refractivity contribution in [3.8, 4) is 11.3 Å². The Morgan fingerprint density at radius 2 is 1.73 bits per heavy atom. The minimum Gasteiger partial charge on any atom is -0.462 e. The molecular weight excluding hydrogens is 743 g/mol. The van der Waals surface area contributed by atoms with Crippen LogP contribution in [0.25, 0.3) is 11.3 Å². The summed E-state index contributed by atoms with van der Waals surface area (Å²) in [7, 11) is -3.89. The third-order valence-corrected chi connectivity index (χ3v) is 15.0. The van der Waals surface area contributed by atoms with Crippen molar-refractivity contribution in [2.45, 2.75) is 106 Å². The second kappa shape index (κ2) is 15.4. The van der Waals surface area contributed by atoms with Crippen LogP contribution in [0.4, 0.5) is 0 Å². The fourth-order valence-corrected chi connectivity index (χ4v) is 11.2. The van der Waals surface area contributed by atoms with Crippen molar-refractivity contribution in [3.05, 3.63) is 52.9 Å². The SMILES string of the molecule is O=C(C[C@H]1CCCCC/C=C\[C@@H]2C[C@@]2(C(=O)NS(=O)(=O)C2CC2)NC(=O)[C@@H]2[C@H]3CN(C(=O)c4nc(-c5ccccc5)cs4)C[C@H]3CN2C1=O)OC1CCCC1. The van der Waals surface area contributed by atoms with Gasteiger partial charge in [-0.05, 0) is 64.2 Å². The minimum atomic E-state index is -3.89. The van der Waals surface area contributed by atoms with E-state index in [1.165, 1.54) is 11.3 Å². The van der Waals surface area contributed by atoms with Crippen molar-refractivity contribution in [2.24, 2.45) is 23.7 Å². The molecule has 2 aromatic rings. The molecule has 3 aliphatic carbocycles. The summed E-state index contributed by atoms with van der Waals surface area (Å²) in [6, 6.07) is 8.55. The number of likely N-dealkylation sites (tertiary alicyclic amines) is 1. The number of carbonyl (C=O) groups is 5. The lowest BCUT2D eigenvalue weighted by molar-refractivity contribution is -0.154. The highest BCUT2D eigenvalue weighted by atomic mass is 32.2. The summed E-state index contributed by atoms with van der Waals surface area (Å²) >= 11 is 1.26. The first kappa shape index (κ1) is 37.8. The normalized spacial score (nSPS) is 30.7. The van der Waals surface area contributed by atoms with Crippen LogP contribution in [-0.4, -0.2) is 95.4 Å². The van der Waals surface area contributed by atoms with E-state index in [1.807, 2.05) is 47.9 Å². The molecule has 8 rings (SSSR count). The molecule has 6 atom stereocenters. The van der Waals surface area contributed by atoms with Crippen molar-refractivity contribution >= 4 is 51.0 Å². The Morgan fingerprint density at radius 1 is 0.964 bits per heavy atom. The Morgan fingerprint density at radius 3 is 2.49 bits per heavy atom. The van der Waals surface area contributed by atoms with Crippen LogP contribution in [-0.2, 0) is 33.9 Å². The molecule has 0 bridgehead atoms. The molecule has 1 aromatic heterocycles. The number of carbonyl (C=O) groups excluding carboxylic acids is 5. The standard InChI is InChI=1S/C40H49N5O8S2/c46-33(53-29-15-9-10-16-29)19-26-13-5-2-1-3-8-14-28-20-40(28,39(50)43-55(51,52)30-17-18-30)42-35(47)34-31-23-44(21-27(31)22-45(34)37(26)48)38(49)36-41-32(24-54-36)25-11-6-4-7-12-25/h4,6-8,11-12,14,24,26-31,34H,1-3,5,9-10,13,15-23H2,(H,42,47)(H,43,50)/b14-8-/t26-,27+,28-,31+,34+,40-/m1/s1. The molecule has 0 radical (unpaired) electrons. The van der Waals surface area contributed by atoms with Crippen molar-refractivity contribution in [1.29, 1.82) is 0 Å². The van der Waals surface area contributed by atoms with Crippen LogP contribution < -0.4 is 10.0 Å². The largest absolute Gasteiger partial charge is 0.462 e. The lowest BCUT2D eigenvalue weighted by Crippen LogP contribution is -2.58. The van der Waals surface area contributed by atoms with E-state index in [2.05, 4.69) is 15.0 Å². The topological polar surface area (TPSA) is 172 Å². The zero-order valence-electron chi connectivity index (χ0n) is 30.9. The summed E-state index contributed by atoms with van der Waals surface area (Å²) in [5, 5.41) is 4.52. The second-order valence-electron chi connectivity index (χ2n) is 16.3. The number of hydrogen-bond acceptors (Lipinski definition) is 10. The zero-order valence-corrected chi connectivity index (χ0v) is 32.5. The molecule has 4 amide bonds. The highest BCUT2D eigenvalue weighted by Crippen LogP contribution is 2.47. The van der Waals surface area contributed by atoms with Gasteiger partial charge in [-0.2, -0.15) is 0 Å². The molecule has 3 saturated carbocycles. The molecule has 55 heavy (non-hydrogen) atoms. The van der Waals surface area contributed by atoms with Gasteiger partial charge in [0.2, 0.25) is 21.8 Å². The van der Waals surface area contributed by atoms with Gasteiger partial charge in [0, 0.05) is 54.2 Å². The molecule has 0 unspecified atom stereocenters. The number of esters is 1. The van der Waals surface area contributed by atoms with Gasteiger partial charge in [0.15, 0.2) is 5.01 Å². The number of benzene rings is 1. The fourth-order valence-electron chi connectivity index (χ4n) is 9.06. The van der Waals surface area contributed by atoms with Crippen LogP contribution in [0.5, 0.6) is 0 Å². The number of thiazole rings is 1. The van der Waals surface area contributed by atoms with Crippen molar-refractivity contribution in [3.63, 3.8) is 0 Å². The Labute approximate surface area is 325 Å². The average molecular weight is 792 g/mol. The van der Waals surface area contributed by atoms with Crippen LogP contribution in [0.1, 0.15) is 93.3 Å². The van der Waals surface area contributed by atoms with E-state index in [0.29, 0.717) is 42.9 Å². The van der Waals surface area contributed by atoms with Crippen molar-refractivity contribution in [2.75, 3.05) is 19.6 Å². The fraction of sp³-hybridized carbons (Fsp3) is 0.600. The molecule has 15 heteroatoms. The lowest BCUT2D eigenvalue weighted by Gasteiger charge is -2.32. The number of ether oxygens (including phenoxy) is 1. The highest BCUT2D eigenvalue weighted by molar-refractivity contribution is 7.91. The maximum atomic E-state index is 14.7. The van der Waals surface area contributed by atoms with Gasteiger partial charge in [-0.1, -0.05) is 55.3 Å². The molecule has 5 fully saturated rings. The number of rotatable bonds is 8. The van der Waals surface area contributed by atoms with E-state index >= 15 is 0 Å². The first-order chi connectivity index (χ1) is 26.5. The molecule has 3 aliphatic heterocycles. The van der Waals surface area contributed by atoms with E-state index in [1.54, 1.807) is 9.80 Å². The maximum Gasteiger partial charge on any atom is 0.306 e. The monoisotopic (exact) mass is 791 g/mol. The number of nitrogens with one attached hydrogen (secondary N) is 2. The van der Waals surface area contributed by atoms with Crippen molar-refractivity contribution < 1.29 is 37.1 Å². The smallest absolute Gasteiger partial charge is 0.306 e. The molecular formula is C40H49N5O8S2. The number of amides is 4. The third kappa shape index (κ3) is 7.96. The summed E-state index contributed by atoms with van der Waals surface area (Å²) in [6.07, 6.45) is 12.0. The number of nitrogens with zero attached hydrogens (tertiary/aromatic N) is 3. The minimum absolute atomic E-state index is 0.0821. The molecule has 2 saturated heterocycles. The summed E-state index contributed by atoms with van der Waals surface area (Å²) in [4.78, 5) is 78.1. The van der Waals surface area contributed by atoms with Gasteiger partial charge < -0.3 is 19.9 Å². The Kier molecular flexibility index (Phi) is 10.6. The third-order valence-electron chi connectivity index (χ3n) is 12.4. The van der Waals surface area contributed by atoms with Crippen LogP contribution in [0, 0.1) is 23.7 Å². The quantitative estimate of drug-likeness (QED) is 0.294. The van der Waals surface area contributed by atoms with Gasteiger partial charge in [-0.25, -0.2) is 13.4 Å². The predicted molar refractivity (Wildman–Crippen MR) is 204 cm³/mol. The summed E-state index contributed by atoms with van der Waals surface area (Å²) < 4.78 is 33.8. The van der Waals surface area contributed by atoms with E-state index in [4.69, 9.17) is 4.74 Å². The van der Waals surface area contributed by atoms with Crippen LogP contribution in [0.2, 0.25) is 0 Å². The maximum absolute atomic E-state index is 14.7. The molecule has 13 nitrogen and oxygen atoms in total. The van der Waals surface area contributed by atoms with Gasteiger partial charge >= 0.3 is 5.97 Å². The molecule has 0 spiro atoms. The van der Waals surface area contributed by atoms with Gasteiger partial charge in [0.05, 0.1) is 17.4 Å².